The molecule has 0 aliphatic rings. The molecule has 1 amide bonds. The van der Waals surface area contributed by atoms with E-state index in [4.69, 9.17) is 4.74 Å². The average Bonchev–Trinajstić information content (AvgIpc) is 2.66. The molecule has 2 aromatic rings. The van der Waals surface area contributed by atoms with Crippen molar-refractivity contribution >= 4 is 29.4 Å². The highest BCUT2D eigenvalue weighted by Gasteiger charge is 2.08. The third kappa shape index (κ3) is 6.14. The van der Waals surface area contributed by atoms with Gasteiger partial charge in [-0.25, -0.2) is 5.43 Å². The van der Waals surface area contributed by atoms with Crippen molar-refractivity contribution < 1.29 is 19.4 Å². The number of aryl methyl sites for hydroxylation is 1. The number of methoxy groups -OCH3 is 1. The number of carboxylic acid groups (broad SMARTS) is 1. The van der Waals surface area contributed by atoms with E-state index in [-0.39, 0.29) is 11.7 Å². The number of nitrogens with zero attached hydrogens (tertiary/aromatic N) is 1. The van der Waals surface area contributed by atoms with E-state index in [0.29, 0.717) is 22.8 Å². The van der Waals surface area contributed by atoms with Gasteiger partial charge in [-0.1, -0.05) is 17.7 Å². The van der Waals surface area contributed by atoms with Crippen LogP contribution in [0.25, 0.3) is 0 Å². The maximum Gasteiger partial charge on any atom is 0.271 e. The molecule has 0 aliphatic carbocycles. The van der Waals surface area contributed by atoms with Gasteiger partial charge in [-0.3, -0.25) is 4.79 Å². The van der Waals surface area contributed by atoms with E-state index < -0.39 is 5.97 Å². The lowest BCUT2D eigenvalue weighted by Crippen LogP contribution is -2.24. The van der Waals surface area contributed by atoms with Gasteiger partial charge in [-0.05, 0) is 49.7 Å². The van der Waals surface area contributed by atoms with Crippen LogP contribution in [0, 0.1) is 6.92 Å². The summed E-state index contributed by atoms with van der Waals surface area (Å²) in [7, 11) is 1.56. The zero-order chi connectivity index (χ0) is 19.8. The van der Waals surface area contributed by atoms with Crippen LogP contribution in [0.5, 0.6) is 5.75 Å². The number of thioether (sulfide) groups is 1. The first-order chi connectivity index (χ1) is 12.9. The van der Waals surface area contributed by atoms with E-state index >= 15 is 0 Å². The van der Waals surface area contributed by atoms with Gasteiger partial charge in [0.1, 0.15) is 5.75 Å². The minimum Gasteiger partial charge on any atom is -0.549 e. The predicted octanol–water partition coefficient (Wildman–Crippen LogP) is 2.14. The number of rotatable bonds is 8. The van der Waals surface area contributed by atoms with Crippen molar-refractivity contribution in [3.8, 4) is 5.75 Å². The second-order valence-corrected chi connectivity index (χ2v) is 6.88. The molecule has 0 spiro atoms. The van der Waals surface area contributed by atoms with Gasteiger partial charge in [0.15, 0.2) is 0 Å². The Bertz CT molecular complexity index is 848. The molecule has 0 radical (unpaired) electrons. The van der Waals surface area contributed by atoms with Crippen LogP contribution in [-0.2, 0) is 10.5 Å². The smallest absolute Gasteiger partial charge is 0.271 e. The summed E-state index contributed by atoms with van der Waals surface area (Å²) in [6.45, 7) is 3.74. The Morgan fingerprint density at radius 3 is 2.44 bits per heavy atom. The molecule has 0 aromatic heterocycles. The first-order valence-corrected chi connectivity index (χ1v) is 9.42. The van der Waals surface area contributed by atoms with E-state index in [9.17, 15) is 14.7 Å². The average molecular weight is 385 g/mol. The van der Waals surface area contributed by atoms with E-state index in [1.54, 1.807) is 32.2 Å². The van der Waals surface area contributed by atoms with Crippen molar-refractivity contribution in [1.29, 1.82) is 0 Å². The maximum atomic E-state index is 12.2. The van der Waals surface area contributed by atoms with Crippen molar-refractivity contribution in [2.24, 2.45) is 5.10 Å². The SMILES string of the molecule is COc1ccc(/C(C)=N\NC(=O)c2ccc(C)cc2)cc1CSCC(=O)[O-]. The first-order valence-electron chi connectivity index (χ1n) is 8.27. The van der Waals surface area contributed by atoms with Crippen LogP contribution in [0.3, 0.4) is 0 Å². The van der Waals surface area contributed by atoms with E-state index in [1.807, 2.05) is 31.2 Å². The van der Waals surface area contributed by atoms with Gasteiger partial charge in [-0.2, -0.15) is 16.9 Å². The van der Waals surface area contributed by atoms with E-state index in [1.165, 1.54) is 11.8 Å². The Labute approximate surface area is 162 Å². The monoisotopic (exact) mass is 385 g/mol. The number of hydrogen-bond donors (Lipinski definition) is 1. The number of amides is 1. The summed E-state index contributed by atoms with van der Waals surface area (Å²) in [4.78, 5) is 22.7. The van der Waals surface area contributed by atoms with Gasteiger partial charge in [-0.15, -0.1) is 0 Å². The first kappa shape index (κ1) is 20.5. The van der Waals surface area contributed by atoms with Crippen molar-refractivity contribution in [3.63, 3.8) is 0 Å². The summed E-state index contributed by atoms with van der Waals surface area (Å²) < 4.78 is 5.32. The molecule has 142 valence electrons. The minimum absolute atomic E-state index is 0.0902. The number of carbonyl (C=O) groups excluding carboxylic acids is 2. The Kier molecular flexibility index (Phi) is 7.43. The third-order valence-corrected chi connectivity index (χ3v) is 4.77. The summed E-state index contributed by atoms with van der Waals surface area (Å²) in [5, 5.41) is 14.7. The van der Waals surface area contributed by atoms with Gasteiger partial charge in [0.2, 0.25) is 0 Å². The summed E-state index contributed by atoms with van der Waals surface area (Å²) in [5.41, 5.74) is 6.45. The number of hydrazone groups is 1. The second kappa shape index (κ2) is 9.78. The highest BCUT2D eigenvalue weighted by Crippen LogP contribution is 2.24. The molecular formula is C20H21N2O4S-. The van der Waals surface area contributed by atoms with Crippen molar-refractivity contribution in [2.45, 2.75) is 19.6 Å². The Morgan fingerprint density at radius 2 is 1.81 bits per heavy atom. The number of aliphatic carboxylic acids is 1. The topological polar surface area (TPSA) is 90.8 Å². The van der Waals surface area contributed by atoms with Crippen molar-refractivity contribution in [1.82, 2.24) is 5.43 Å². The zero-order valence-electron chi connectivity index (χ0n) is 15.4. The van der Waals surface area contributed by atoms with E-state index in [2.05, 4.69) is 10.5 Å². The number of ether oxygens (including phenoxy) is 1. The number of hydrogen-bond acceptors (Lipinski definition) is 6. The summed E-state index contributed by atoms with van der Waals surface area (Å²) in [6, 6.07) is 12.7. The van der Waals surface area contributed by atoms with Crippen LogP contribution in [0.15, 0.2) is 47.6 Å². The number of benzene rings is 2. The van der Waals surface area contributed by atoms with Gasteiger partial charge in [0.05, 0.1) is 18.8 Å². The largest absolute Gasteiger partial charge is 0.549 e. The zero-order valence-corrected chi connectivity index (χ0v) is 16.3. The second-order valence-electron chi connectivity index (χ2n) is 5.90. The minimum atomic E-state index is -1.10. The molecule has 7 heteroatoms. The molecule has 0 fully saturated rings. The predicted molar refractivity (Wildman–Crippen MR) is 105 cm³/mol. The molecule has 1 N–H and O–H groups in total. The van der Waals surface area contributed by atoms with Gasteiger partial charge in [0, 0.05) is 22.6 Å². The van der Waals surface area contributed by atoms with Gasteiger partial charge in [0.25, 0.3) is 5.91 Å². The molecule has 2 rings (SSSR count). The number of carboxylic acids is 1. The fraction of sp³-hybridized carbons (Fsp3) is 0.250. The summed E-state index contributed by atoms with van der Waals surface area (Å²) in [6.07, 6.45) is 0. The molecule has 27 heavy (non-hydrogen) atoms. The van der Waals surface area contributed by atoms with Gasteiger partial charge < -0.3 is 14.6 Å². The van der Waals surface area contributed by atoms with E-state index in [0.717, 1.165) is 16.7 Å². The molecule has 0 saturated carbocycles. The fourth-order valence-corrected chi connectivity index (χ4v) is 3.04. The molecule has 0 heterocycles. The molecule has 0 bridgehead atoms. The van der Waals surface area contributed by atoms with Crippen LogP contribution in [0.4, 0.5) is 0 Å². The van der Waals surface area contributed by atoms with Crippen LogP contribution in [0.1, 0.15) is 34.0 Å². The normalized spacial score (nSPS) is 11.1. The number of carbonyl (C=O) groups is 2. The summed E-state index contributed by atoms with van der Waals surface area (Å²) in [5.74, 6) is -0.346. The molecule has 0 saturated heterocycles. The molecule has 0 unspecified atom stereocenters. The molecule has 0 aliphatic heterocycles. The fourth-order valence-electron chi connectivity index (χ4n) is 2.33. The lowest BCUT2D eigenvalue weighted by molar-refractivity contribution is -0.301. The summed E-state index contributed by atoms with van der Waals surface area (Å²) >= 11 is 1.23. The van der Waals surface area contributed by atoms with Crippen molar-refractivity contribution in [3.05, 3.63) is 64.7 Å². The van der Waals surface area contributed by atoms with Crippen LogP contribution < -0.4 is 15.3 Å². The highest BCUT2D eigenvalue weighted by molar-refractivity contribution is 7.99. The lowest BCUT2D eigenvalue weighted by atomic mass is 10.1. The molecule has 6 nitrogen and oxygen atoms in total. The molecular weight excluding hydrogens is 364 g/mol. The lowest BCUT2D eigenvalue weighted by Gasteiger charge is -2.11. The molecule has 0 atom stereocenters. The maximum absolute atomic E-state index is 12.2. The van der Waals surface area contributed by atoms with Crippen LogP contribution >= 0.6 is 11.8 Å². The Hall–Kier alpha value is -2.80. The molecule has 2 aromatic carbocycles. The van der Waals surface area contributed by atoms with Gasteiger partial charge >= 0.3 is 0 Å². The van der Waals surface area contributed by atoms with Crippen LogP contribution in [0.2, 0.25) is 0 Å². The number of nitrogens with one attached hydrogen (secondary N) is 1. The highest BCUT2D eigenvalue weighted by atomic mass is 32.2. The standard InChI is InChI=1S/C20H22N2O4S/c1-13-4-6-15(7-5-13)20(25)22-21-14(2)16-8-9-18(26-3)17(10-16)11-27-12-19(23)24/h4-10H,11-12H2,1-3H3,(H,22,25)(H,23,24)/p-1/b21-14-. The Balaban J connectivity index is 2.10. The Morgan fingerprint density at radius 1 is 1.15 bits per heavy atom. The quantitative estimate of drug-likeness (QED) is 0.555. The van der Waals surface area contributed by atoms with Crippen molar-refractivity contribution in [2.75, 3.05) is 12.9 Å². The van der Waals surface area contributed by atoms with Crippen LogP contribution in [-0.4, -0.2) is 30.5 Å². The third-order valence-electron chi connectivity index (χ3n) is 3.81.